The number of aryl methyl sites for hydroxylation is 1. The first-order valence-corrected chi connectivity index (χ1v) is 7.60. The van der Waals surface area contributed by atoms with E-state index in [0.717, 1.165) is 6.42 Å². The molecule has 1 aromatic heterocycles. The van der Waals surface area contributed by atoms with E-state index in [-0.39, 0.29) is 17.9 Å². The van der Waals surface area contributed by atoms with E-state index in [1.165, 1.54) is 4.57 Å². The summed E-state index contributed by atoms with van der Waals surface area (Å²) in [7, 11) is 0. The zero-order chi connectivity index (χ0) is 13.3. The molecule has 0 aliphatic carbocycles. The Morgan fingerprint density at radius 1 is 1.61 bits per heavy atom. The molecule has 1 aliphatic heterocycles. The zero-order valence-electron chi connectivity index (χ0n) is 10.3. The number of hydrogen-bond donors (Lipinski definition) is 2. The van der Waals surface area contributed by atoms with Gasteiger partial charge in [-0.3, -0.25) is 14.3 Å². The fourth-order valence-corrected chi connectivity index (χ4v) is 3.39. The van der Waals surface area contributed by atoms with Crippen LogP contribution in [0.3, 0.4) is 0 Å². The molecule has 0 saturated carbocycles. The van der Waals surface area contributed by atoms with Crippen molar-refractivity contribution in [1.82, 2.24) is 9.55 Å². The SMILES string of the molecule is CS[C@H]1C[C@H](n2cc(C)c(=O)[nH]c2=O)O[C@@H]1CS. The molecule has 0 unspecified atom stereocenters. The van der Waals surface area contributed by atoms with Crippen molar-refractivity contribution in [3.63, 3.8) is 0 Å². The maximum Gasteiger partial charge on any atom is 0.330 e. The number of rotatable bonds is 3. The lowest BCUT2D eigenvalue weighted by Gasteiger charge is -2.15. The first-order chi connectivity index (χ1) is 8.56. The van der Waals surface area contributed by atoms with E-state index >= 15 is 0 Å². The highest BCUT2D eigenvalue weighted by molar-refractivity contribution is 7.99. The standard InChI is InChI=1S/C11H16N2O3S2/c1-6-4-13(11(15)12-10(6)14)9-3-8(18-2)7(5-17)16-9/h4,7-9,17H,3,5H2,1-2H3,(H,12,14,15)/t7-,8+,9-/m1/s1. The maximum absolute atomic E-state index is 11.8. The van der Waals surface area contributed by atoms with Gasteiger partial charge in [0.25, 0.3) is 5.56 Å². The predicted molar refractivity (Wildman–Crippen MR) is 75.7 cm³/mol. The third-order valence-electron chi connectivity index (χ3n) is 3.12. The third kappa shape index (κ3) is 2.53. The van der Waals surface area contributed by atoms with Gasteiger partial charge < -0.3 is 4.74 Å². The van der Waals surface area contributed by atoms with E-state index in [1.807, 2.05) is 6.26 Å². The van der Waals surface area contributed by atoms with Crippen LogP contribution in [0.1, 0.15) is 18.2 Å². The average molecular weight is 288 g/mol. The summed E-state index contributed by atoms with van der Waals surface area (Å²) >= 11 is 5.98. The minimum Gasteiger partial charge on any atom is -0.353 e. The lowest BCUT2D eigenvalue weighted by Crippen LogP contribution is -2.33. The Balaban J connectivity index is 2.31. The third-order valence-corrected chi connectivity index (χ3v) is 4.58. The van der Waals surface area contributed by atoms with Crippen LogP contribution in [0.25, 0.3) is 0 Å². The van der Waals surface area contributed by atoms with Crippen LogP contribution < -0.4 is 11.2 Å². The van der Waals surface area contributed by atoms with Gasteiger partial charge in [0, 0.05) is 29.2 Å². The maximum atomic E-state index is 11.8. The van der Waals surface area contributed by atoms with Crippen LogP contribution >= 0.6 is 24.4 Å². The molecule has 0 bridgehead atoms. The van der Waals surface area contributed by atoms with E-state index in [9.17, 15) is 9.59 Å². The Bertz CT molecular complexity index is 528. The Labute approximate surface area is 114 Å². The van der Waals surface area contributed by atoms with Gasteiger partial charge in [0.2, 0.25) is 0 Å². The second-order valence-electron chi connectivity index (χ2n) is 4.30. The van der Waals surface area contributed by atoms with Crippen LogP contribution in [0.5, 0.6) is 0 Å². The molecule has 18 heavy (non-hydrogen) atoms. The van der Waals surface area contributed by atoms with Crippen molar-refractivity contribution in [1.29, 1.82) is 0 Å². The van der Waals surface area contributed by atoms with Gasteiger partial charge in [0.15, 0.2) is 0 Å². The molecule has 7 heteroatoms. The van der Waals surface area contributed by atoms with Gasteiger partial charge in [-0.2, -0.15) is 24.4 Å². The summed E-state index contributed by atoms with van der Waals surface area (Å²) in [6.45, 7) is 1.67. The molecule has 3 atom stereocenters. The molecule has 0 radical (unpaired) electrons. The van der Waals surface area contributed by atoms with E-state index in [2.05, 4.69) is 17.6 Å². The van der Waals surface area contributed by atoms with Crippen molar-refractivity contribution >= 4 is 24.4 Å². The second-order valence-corrected chi connectivity index (χ2v) is 5.74. The molecule has 0 amide bonds. The van der Waals surface area contributed by atoms with Gasteiger partial charge in [0.05, 0.1) is 6.10 Å². The van der Waals surface area contributed by atoms with E-state index in [4.69, 9.17) is 4.74 Å². The van der Waals surface area contributed by atoms with Crippen molar-refractivity contribution in [2.75, 3.05) is 12.0 Å². The fourth-order valence-electron chi connectivity index (χ4n) is 2.08. The Morgan fingerprint density at radius 3 is 2.89 bits per heavy atom. The smallest absolute Gasteiger partial charge is 0.330 e. The summed E-state index contributed by atoms with van der Waals surface area (Å²) in [5, 5.41) is 0.326. The Kier molecular flexibility index (Phi) is 4.24. The molecule has 1 saturated heterocycles. The molecule has 1 N–H and O–H groups in total. The van der Waals surface area contributed by atoms with Crippen LogP contribution in [0.4, 0.5) is 0 Å². The molecule has 1 fully saturated rings. The largest absolute Gasteiger partial charge is 0.353 e. The summed E-state index contributed by atoms with van der Waals surface area (Å²) in [6.07, 6.45) is 4.05. The summed E-state index contributed by atoms with van der Waals surface area (Å²) in [5.74, 6) is 0.624. The lowest BCUT2D eigenvalue weighted by atomic mass is 10.2. The molecule has 1 aliphatic rings. The van der Waals surface area contributed by atoms with Crippen LogP contribution in [0, 0.1) is 6.92 Å². The first-order valence-electron chi connectivity index (χ1n) is 5.68. The van der Waals surface area contributed by atoms with Crippen LogP contribution in [-0.2, 0) is 4.74 Å². The monoisotopic (exact) mass is 288 g/mol. The number of nitrogens with zero attached hydrogens (tertiary/aromatic N) is 1. The number of H-pyrrole nitrogens is 1. The molecule has 5 nitrogen and oxygen atoms in total. The number of thioether (sulfide) groups is 1. The average Bonchev–Trinajstić information content (AvgIpc) is 2.76. The predicted octanol–water partition coefficient (Wildman–Crippen LogP) is 0.794. The van der Waals surface area contributed by atoms with Crippen molar-refractivity contribution in [2.45, 2.75) is 30.9 Å². The van der Waals surface area contributed by atoms with Crippen LogP contribution in [0.15, 0.2) is 15.8 Å². The molecular formula is C11H16N2O3S2. The number of ether oxygens (including phenoxy) is 1. The van der Waals surface area contributed by atoms with E-state index in [0.29, 0.717) is 16.6 Å². The number of nitrogens with one attached hydrogen (secondary N) is 1. The van der Waals surface area contributed by atoms with Crippen LogP contribution in [-0.4, -0.2) is 32.9 Å². The first kappa shape index (κ1) is 13.8. The van der Waals surface area contributed by atoms with Gasteiger partial charge in [-0.05, 0) is 13.2 Å². The fraction of sp³-hybridized carbons (Fsp3) is 0.636. The van der Waals surface area contributed by atoms with Crippen LogP contribution in [0.2, 0.25) is 0 Å². The van der Waals surface area contributed by atoms with Crippen molar-refractivity contribution in [2.24, 2.45) is 0 Å². The van der Waals surface area contributed by atoms with Gasteiger partial charge in [-0.1, -0.05) is 0 Å². The van der Waals surface area contributed by atoms with Crippen molar-refractivity contribution in [3.8, 4) is 0 Å². The number of thiol groups is 1. The van der Waals surface area contributed by atoms with Gasteiger partial charge >= 0.3 is 5.69 Å². The van der Waals surface area contributed by atoms with E-state index in [1.54, 1.807) is 24.9 Å². The summed E-state index contributed by atoms with van der Waals surface area (Å²) in [5.41, 5.74) is -0.259. The minimum absolute atomic E-state index is 0.0347. The quantitative estimate of drug-likeness (QED) is 0.807. The highest BCUT2D eigenvalue weighted by atomic mass is 32.2. The highest BCUT2D eigenvalue weighted by Crippen LogP contribution is 2.34. The molecule has 1 aromatic rings. The lowest BCUT2D eigenvalue weighted by molar-refractivity contribution is 0.0106. The zero-order valence-corrected chi connectivity index (χ0v) is 12.0. The van der Waals surface area contributed by atoms with Gasteiger partial charge in [-0.25, -0.2) is 4.79 Å². The molecule has 2 heterocycles. The molecular weight excluding hydrogens is 272 g/mol. The topological polar surface area (TPSA) is 64.1 Å². The second kappa shape index (κ2) is 5.54. The highest BCUT2D eigenvalue weighted by Gasteiger charge is 2.35. The Morgan fingerprint density at radius 2 is 2.33 bits per heavy atom. The molecule has 100 valence electrons. The molecule has 0 aromatic carbocycles. The molecule has 2 rings (SSSR count). The number of aromatic amines is 1. The number of aromatic nitrogens is 2. The van der Waals surface area contributed by atoms with Crippen molar-refractivity contribution < 1.29 is 4.74 Å². The summed E-state index contributed by atoms with van der Waals surface area (Å²) in [4.78, 5) is 25.4. The van der Waals surface area contributed by atoms with Crippen molar-refractivity contribution in [3.05, 3.63) is 32.6 Å². The van der Waals surface area contributed by atoms with Gasteiger partial charge in [0.1, 0.15) is 6.23 Å². The summed E-state index contributed by atoms with van der Waals surface area (Å²) in [6, 6.07) is 0. The van der Waals surface area contributed by atoms with E-state index < -0.39 is 5.69 Å². The number of hydrogen-bond acceptors (Lipinski definition) is 5. The normalized spacial score (nSPS) is 27.6. The summed E-state index contributed by atoms with van der Waals surface area (Å²) < 4.78 is 7.28. The Hall–Kier alpha value is -0.660. The van der Waals surface area contributed by atoms with Gasteiger partial charge in [-0.15, -0.1) is 0 Å². The molecule has 0 spiro atoms. The minimum atomic E-state index is -0.421.